The number of thioether (sulfide) groups is 1. The van der Waals surface area contributed by atoms with Gasteiger partial charge in [-0.3, -0.25) is 0 Å². The molecule has 0 aromatic carbocycles. The molecule has 5 fully saturated rings. The lowest BCUT2D eigenvalue weighted by Crippen LogP contribution is -2.55. The monoisotopic (exact) mass is 265 g/mol. The Bertz CT molecular complexity index is 269. The third kappa shape index (κ3) is 2.24. The predicted molar refractivity (Wildman–Crippen MR) is 78.9 cm³/mol. The van der Waals surface area contributed by atoms with Gasteiger partial charge in [-0.1, -0.05) is 0 Å². The van der Waals surface area contributed by atoms with Gasteiger partial charge in [-0.15, -0.1) is 0 Å². The summed E-state index contributed by atoms with van der Waals surface area (Å²) < 4.78 is 0. The van der Waals surface area contributed by atoms with E-state index in [0.29, 0.717) is 0 Å². The Kier molecular flexibility index (Phi) is 3.36. The highest BCUT2D eigenvalue weighted by atomic mass is 32.2. The molecular weight excluding hydrogens is 238 g/mol. The molecule has 1 nitrogen and oxygen atoms in total. The first kappa shape index (κ1) is 12.1. The number of hydrogen-bond acceptors (Lipinski definition) is 2. The molecule has 4 saturated carbocycles. The topological polar surface area (TPSA) is 12.0 Å². The summed E-state index contributed by atoms with van der Waals surface area (Å²) in [5, 5.41) is 4.03. The molecule has 1 heterocycles. The molecule has 1 aliphatic heterocycles. The van der Waals surface area contributed by atoms with Crippen molar-refractivity contribution in [2.24, 2.45) is 29.6 Å². The van der Waals surface area contributed by atoms with Crippen LogP contribution in [0.4, 0.5) is 0 Å². The van der Waals surface area contributed by atoms with Crippen LogP contribution in [0.3, 0.4) is 0 Å². The van der Waals surface area contributed by atoms with E-state index in [9.17, 15) is 0 Å². The molecule has 0 atom stereocenters. The molecule has 102 valence electrons. The fourth-order valence-electron chi connectivity index (χ4n) is 5.51. The standard InChI is InChI=1S/C16H27NS/c1-3-18-4-2-11(1)10-17-16-14-6-12-5-13(8-14)9-15(16)7-12/h11-17H,1-10H2. The van der Waals surface area contributed by atoms with Crippen LogP contribution >= 0.6 is 11.8 Å². The quantitative estimate of drug-likeness (QED) is 0.837. The van der Waals surface area contributed by atoms with E-state index in [4.69, 9.17) is 0 Å². The highest BCUT2D eigenvalue weighted by molar-refractivity contribution is 7.99. The summed E-state index contributed by atoms with van der Waals surface area (Å²) in [6, 6.07) is 0.910. The van der Waals surface area contributed by atoms with Gasteiger partial charge in [0.05, 0.1) is 0 Å². The summed E-state index contributed by atoms with van der Waals surface area (Å²) in [4.78, 5) is 0. The van der Waals surface area contributed by atoms with Crippen molar-refractivity contribution >= 4 is 11.8 Å². The molecule has 0 aromatic heterocycles. The molecular formula is C16H27NS. The van der Waals surface area contributed by atoms with Crippen molar-refractivity contribution in [3.8, 4) is 0 Å². The third-order valence-corrected chi connectivity index (χ3v) is 7.26. The minimum absolute atomic E-state index is 0.910. The summed E-state index contributed by atoms with van der Waals surface area (Å²) >= 11 is 2.16. The third-order valence-electron chi connectivity index (χ3n) is 6.21. The lowest BCUT2D eigenvalue weighted by atomic mass is 9.54. The van der Waals surface area contributed by atoms with Crippen LogP contribution in [0.5, 0.6) is 0 Å². The molecule has 4 aliphatic carbocycles. The van der Waals surface area contributed by atoms with Crippen molar-refractivity contribution in [3.05, 3.63) is 0 Å². The zero-order valence-corrected chi connectivity index (χ0v) is 12.3. The number of nitrogens with one attached hydrogen (secondary N) is 1. The van der Waals surface area contributed by atoms with E-state index in [1.807, 2.05) is 0 Å². The predicted octanol–water partition coefficient (Wildman–Crippen LogP) is 3.54. The Labute approximate surface area is 116 Å². The van der Waals surface area contributed by atoms with Gasteiger partial charge in [0.15, 0.2) is 0 Å². The van der Waals surface area contributed by atoms with E-state index in [2.05, 4.69) is 17.1 Å². The van der Waals surface area contributed by atoms with Gasteiger partial charge in [-0.25, -0.2) is 0 Å². The Hall–Kier alpha value is 0.310. The zero-order valence-electron chi connectivity index (χ0n) is 11.4. The summed E-state index contributed by atoms with van der Waals surface area (Å²) in [7, 11) is 0. The van der Waals surface area contributed by atoms with Gasteiger partial charge < -0.3 is 5.32 Å². The molecule has 5 rings (SSSR count). The zero-order chi connectivity index (χ0) is 11.9. The lowest BCUT2D eigenvalue weighted by molar-refractivity contribution is -0.0148. The van der Waals surface area contributed by atoms with Crippen LogP contribution in [0.1, 0.15) is 44.9 Å². The largest absolute Gasteiger partial charge is 0.313 e. The first-order valence-corrected chi connectivity index (χ1v) is 9.35. The van der Waals surface area contributed by atoms with Gasteiger partial charge in [-0.2, -0.15) is 11.8 Å². The van der Waals surface area contributed by atoms with Crippen LogP contribution in [-0.4, -0.2) is 24.1 Å². The lowest BCUT2D eigenvalue weighted by Gasteiger charge is -2.54. The Morgan fingerprint density at radius 2 is 1.44 bits per heavy atom. The molecule has 0 spiro atoms. The second-order valence-electron chi connectivity index (χ2n) is 7.42. The van der Waals surface area contributed by atoms with Crippen molar-refractivity contribution in [1.82, 2.24) is 5.32 Å². The van der Waals surface area contributed by atoms with Crippen LogP contribution in [0.25, 0.3) is 0 Å². The number of hydrogen-bond donors (Lipinski definition) is 1. The summed E-state index contributed by atoms with van der Waals surface area (Å²) in [6.07, 6.45) is 10.8. The highest BCUT2D eigenvalue weighted by Crippen LogP contribution is 2.53. The maximum atomic E-state index is 4.03. The smallest absolute Gasteiger partial charge is 0.0124 e. The summed E-state index contributed by atoms with van der Waals surface area (Å²) in [6.45, 7) is 1.33. The van der Waals surface area contributed by atoms with Gasteiger partial charge in [-0.05, 0) is 92.6 Å². The van der Waals surface area contributed by atoms with Gasteiger partial charge >= 0.3 is 0 Å². The van der Waals surface area contributed by atoms with Crippen molar-refractivity contribution in [2.45, 2.75) is 51.0 Å². The van der Waals surface area contributed by atoms with Crippen LogP contribution in [-0.2, 0) is 0 Å². The maximum Gasteiger partial charge on any atom is 0.0124 e. The van der Waals surface area contributed by atoms with Crippen LogP contribution in [0, 0.1) is 29.6 Å². The molecule has 2 heteroatoms. The molecule has 0 amide bonds. The van der Waals surface area contributed by atoms with Gasteiger partial charge in [0.2, 0.25) is 0 Å². The van der Waals surface area contributed by atoms with Gasteiger partial charge in [0, 0.05) is 6.04 Å². The second kappa shape index (κ2) is 5.01. The molecule has 0 radical (unpaired) electrons. The highest BCUT2D eigenvalue weighted by Gasteiger charge is 2.47. The van der Waals surface area contributed by atoms with E-state index >= 15 is 0 Å². The molecule has 18 heavy (non-hydrogen) atoms. The van der Waals surface area contributed by atoms with Gasteiger partial charge in [0.1, 0.15) is 0 Å². The Morgan fingerprint density at radius 1 is 0.833 bits per heavy atom. The average molecular weight is 265 g/mol. The minimum Gasteiger partial charge on any atom is -0.313 e. The second-order valence-corrected chi connectivity index (χ2v) is 8.65. The van der Waals surface area contributed by atoms with Crippen LogP contribution < -0.4 is 5.32 Å². The van der Waals surface area contributed by atoms with E-state index < -0.39 is 0 Å². The molecule has 5 aliphatic rings. The van der Waals surface area contributed by atoms with Crippen molar-refractivity contribution in [2.75, 3.05) is 18.1 Å². The SMILES string of the molecule is C1CC(CNC2C3CC4CC(C3)CC2C4)CCS1. The number of rotatable bonds is 3. The van der Waals surface area contributed by atoms with E-state index in [-0.39, 0.29) is 0 Å². The molecule has 0 aromatic rings. The molecule has 1 N–H and O–H groups in total. The molecule has 4 bridgehead atoms. The van der Waals surface area contributed by atoms with Crippen molar-refractivity contribution in [1.29, 1.82) is 0 Å². The first-order chi connectivity index (χ1) is 8.88. The van der Waals surface area contributed by atoms with Crippen molar-refractivity contribution < 1.29 is 0 Å². The fraction of sp³-hybridized carbons (Fsp3) is 1.00. The molecule has 0 unspecified atom stereocenters. The Morgan fingerprint density at radius 3 is 2.06 bits per heavy atom. The normalized spacial score (nSPS) is 47.7. The van der Waals surface area contributed by atoms with E-state index in [1.165, 1.54) is 30.9 Å². The van der Waals surface area contributed by atoms with E-state index in [0.717, 1.165) is 35.6 Å². The summed E-state index contributed by atoms with van der Waals surface area (Å²) in [5.74, 6) is 8.16. The van der Waals surface area contributed by atoms with E-state index in [1.54, 1.807) is 32.1 Å². The Balaban J connectivity index is 1.34. The average Bonchev–Trinajstić information content (AvgIpc) is 2.38. The fourth-order valence-corrected chi connectivity index (χ4v) is 6.72. The van der Waals surface area contributed by atoms with Crippen LogP contribution in [0.2, 0.25) is 0 Å². The van der Waals surface area contributed by atoms with Crippen LogP contribution in [0.15, 0.2) is 0 Å². The first-order valence-electron chi connectivity index (χ1n) is 8.19. The van der Waals surface area contributed by atoms with Crippen molar-refractivity contribution in [3.63, 3.8) is 0 Å². The maximum absolute atomic E-state index is 4.03. The van der Waals surface area contributed by atoms with Gasteiger partial charge in [0.25, 0.3) is 0 Å². The molecule has 1 saturated heterocycles. The minimum atomic E-state index is 0.910. The summed E-state index contributed by atoms with van der Waals surface area (Å²) in [5.41, 5.74) is 0.